The molecule has 0 saturated heterocycles. The largest absolute Gasteiger partial charge is 0.457 e. The quantitative estimate of drug-likeness (QED) is 0.164. The van der Waals surface area contributed by atoms with Gasteiger partial charge >= 0.3 is 0 Å². The molecule has 1 aliphatic carbocycles. The molecule has 9 heteroatoms. The maximum absolute atomic E-state index is 13.5. The minimum absolute atomic E-state index is 0.0178. The molecule has 1 saturated carbocycles. The number of carbonyl (C=O) groups is 1. The standard InChI is InChI=1S/C32H35N7O2/c33-18-20-9-11-22(12-10-20)32(40)37-28(16-21-5-4-8-25(15-21)41-24-6-2-1-3-7-24)31-35-19-29(36-31)23-13-14-26-27(17-23)38-39-30(26)34/h1-8,13-15,17,19-20,22,28H,9-12,16,18,33H2,(H,35,36)(H,37,40)(H3,34,38,39)/t20-,22-,28?. The van der Waals surface area contributed by atoms with Crippen LogP contribution in [0.5, 0.6) is 11.5 Å². The maximum atomic E-state index is 13.5. The molecule has 1 atom stereocenters. The van der Waals surface area contributed by atoms with Crippen LogP contribution in [0, 0.1) is 11.8 Å². The summed E-state index contributed by atoms with van der Waals surface area (Å²) in [5, 5.41) is 11.2. The van der Waals surface area contributed by atoms with Gasteiger partial charge in [0.15, 0.2) is 5.82 Å². The van der Waals surface area contributed by atoms with E-state index in [1.165, 1.54) is 0 Å². The van der Waals surface area contributed by atoms with Crippen LogP contribution in [0.1, 0.15) is 43.1 Å². The first-order valence-electron chi connectivity index (χ1n) is 14.2. The van der Waals surface area contributed by atoms with E-state index in [2.05, 4.69) is 20.5 Å². The normalized spacial score (nSPS) is 17.8. The molecule has 1 amide bonds. The molecule has 0 bridgehead atoms. The first-order valence-corrected chi connectivity index (χ1v) is 14.2. The highest BCUT2D eigenvalue weighted by Gasteiger charge is 2.28. The van der Waals surface area contributed by atoms with Gasteiger partial charge in [-0.15, -0.1) is 0 Å². The second-order valence-corrected chi connectivity index (χ2v) is 10.8. The average molecular weight is 550 g/mol. The molecule has 7 N–H and O–H groups in total. The number of H-pyrrole nitrogens is 2. The van der Waals surface area contributed by atoms with Gasteiger partial charge < -0.3 is 26.5 Å². The molecule has 1 unspecified atom stereocenters. The third-order valence-electron chi connectivity index (χ3n) is 8.00. The van der Waals surface area contributed by atoms with Crippen molar-refractivity contribution in [1.82, 2.24) is 25.5 Å². The van der Waals surface area contributed by atoms with Crippen molar-refractivity contribution < 1.29 is 9.53 Å². The van der Waals surface area contributed by atoms with Crippen molar-refractivity contribution in [2.75, 3.05) is 12.3 Å². The number of ether oxygens (including phenoxy) is 1. The maximum Gasteiger partial charge on any atom is 0.223 e. The number of benzene rings is 3. The number of nitrogens with zero attached hydrogens (tertiary/aromatic N) is 2. The monoisotopic (exact) mass is 549 g/mol. The van der Waals surface area contributed by atoms with E-state index in [1.54, 1.807) is 0 Å². The van der Waals surface area contributed by atoms with Crippen molar-refractivity contribution >= 4 is 22.6 Å². The number of aromatic nitrogens is 4. The van der Waals surface area contributed by atoms with Crippen LogP contribution in [0.25, 0.3) is 22.2 Å². The molecule has 1 aliphatic rings. The molecule has 5 aromatic rings. The second kappa shape index (κ2) is 11.9. The van der Waals surface area contributed by atoms with E-state index in [-0.39, 0.29) is 17.9 Å². The van der Waals surface area contributed by atoms with Crippen LogP contribution in [0.4, 0.5) is 5.82 Å². The summed E-state index contributed by atoms with van der Waals surface area (Å²) in [5.41, 5.74) is 15.4. The Morgan fingerprint density at radius 2 is 1.80 bits per heavy atom. The van der Waals surface area contributed by atoms with Crippen LogP contribution in [0.15, 0.2) is 79.0 Å². The van der Waals surface area contributed by atoms with Gasteiger partial charge in [0.1, 0.15) is 17.3 Å². The minimum Gasteiger partial charge on any atom is -0.457 e. The van der Waals surface area contributed by atoms with Crippen molar-refractivity contribution in [3.8, 4) is 22.8 Å². The topological polar surface area (TPSA) is 148 Å². The molecule has 1 fully saturated rings. The van der Waals surface area contributed by atoms with Crippen LogP contribution in [0.3, 0.4) is 0 Å². The molecule has 2 aromatic heterocycles. The molecule has 0 spiro atoms. The van der Waals surface area contributed by atoms with Crippen LogP contribution in [0.2, 0.25) is 0 Å². The first kappa shape index (κ1) is 26.6. The second-order valence-electron chi connectivity index (χ2n) is 10.8. The van der Waals surface area contributed by atoms with E-state index in [4.69, 9.17) is 21.2 Å². The summed E-state index contributed by atoms with van der Waals surface area (Å²) in [7, 11) is 0. The van der Waals surface area contributed by atoms with Crippen molar-refractivity contribution in [3.05, 3.63) is 90.4 Å². The summed E-state index contributed by atoms with van der Waals surface area (Å²) < 4.78 is 6.06. The summed E-state index contributed by atoms with van der Waals surface area (Å²) >= 11 is 0. The highest BCUT2D eigenvalue weighted by molar-refractivity contribution is 5.91. The Morgan fingerprint density at radius 1 is 1.00 bits per heavy atom. The van der Waals surface area contributed by atoms with Gasteiger partial charge in [0.05, 0.1) is 17.3 Å². The number of aromatic amines is 2. The minimum atomic E-state index is -0.345. The summed E-state index contributed by atoms with van der Waals surface area (Å²) in [6, 6.07) is 23.2. The Balaban J connectivity index is 1.25. The molecule has 0 aliphatic heterocycles. The molecule has 210 valence electrons. The van der Waals surface area contributed by atoms with Crippen molar-refractivity contribution in [2.45, 2.75) is 38.1 Å². The third kappa shape index (κ3) is 6.10. The Hall–Kier alpha value is -4.63. The lowest BCUT2D eigenvalue weighted by Gasteiger charge is -2.28. The van der Waals surface area contributed by atoms with Gasteiger partial charge in [0, 0.05) is 29.5 Å². The number of fused-ring (bicyclic) bond motifs is 1. The molecular formula is C32H35N7O2. The van der Waals surface area contributed by atoms with E-state index in [0.717, 1.165) is 64.9 Å². The molecular weight excluding hydrogens is 514 g/mol. The van der Waals surface area contributed by atoms with Gasteiger partial charge in [-0.25, -0.2) is 4.98 Å². The smallest absolute Gasteiger partial charge is 0.223 e. The lowest BCUT2D eigenvalue weighted by molar-refractivity contribution is -0.127. The van der Waals surface area contributed by atoms with Gasteiger partial charge in [-0.05, 0) is 80.1 Å². The Kier molecular flexibility index (Phi) is 7.69. The summed E-state index contributed by atoms with van der Waals surface area (Å²) in [5.74, 6) is 3.24. The highest BCUT2D eigenvalue weighted by Crippen LogP contribution is 2.31. The number of carbonyl (C=O) groups excluding carboxylic acids is 1. The van der Waals surface area contributed by atoms with Crippen LogP contribution in [-0.2, 0) is 11.2 Å². The Labute approximate surface area is 238 Å². The lowest BCUT2D eigenvalue weighted by Crippen LogP contribution is -2.37. The fourth-order valence-electron chi connectivity index (χ4n) is 5.63. The van der Waals surface area contributed by atoms with Crippen molar-refractivity contribution in [3.63, 3.8) is 0 Å². The van der Waals surface area contributed by atoms with Gasteiger partial charge in [0.2, 0.25) is 5.91 Å². The van der Waals surface area contributed by atoms with Crippen LogP contribution in [-0.4, -0.2) is 32.6 Å². The summed E-state index contributed by atoms with van der Waals surface area (Å²) in [6.45, 7) is 0.685. The van der Waals surface area contributed by atoms with E-state index < -0.39 is 0 Å². The number of anilines is 1. The van der Waals surface area contributed by atoms with Crippen molar-refractivity contribution in [1.29, 1.82) is 0 Å². The number of rotatable bonds is 9. The number of nitrogen functional groups attached to an aromatic ring is 1. The number of para-hydroxylation sites is 1. The van der Waals surface area contributed by atoms with Crippen molar-refractivity contribution in [2.24, 2.45) is 17.6 Å². The van der Waals surface area contributed by atoms with Crippen LogP contribution < -0.4 is 21.5 Å². The van der Waals surface area contributed by atoms with Gasteiger partial charge in [0.25, 0.3) is 0 Å². The number of amides is 1. The molecule has 6 rings (SSSR count). The molecule has 41 heavy (non-hydrogen) atoms. The van der Waals surface area contributed by atoms with E-state index in [1.807, 2.05) is 79.0 Å². The molecule has 0 radical (unpaired) electrons. The predicted octanol–water partition coefficient (Wildman–Crippen LogP) is 5.49. The van der Waals surface area contributed by atoms with Gasteiger partial charge in [-0.3, -0.25) is 9.89 Å². The Bertz CT molecular complexity index is 1620. The van der Waals surface area contributed by atoms with Gasteiger partial charge in [-0.2, -0.15) is 5.10 Å². The average Bonchev–Trinajstić information content (AvgIpc) is 3.65. The lowest BCUT2D eigenvalue weighted by atomic mass is 9.81. The highest BCUT2D eigenvalue weighted by atomic mass is 16.5. The van der Waals surface area contributed by atoms with E-state index >= 15 is 0 Å². The zero-order chi connectivity index (χ0) is 28.2. The number of hydrogen-bond donors (Lipinski definition) is 5. The van der Waals surface area contributed by atoms with Crippen LogP contribution >= 0.6 is 0 Å². The van der Waals surface area contributed by atoms with Gasteiger partial charge in [-0.1, -0.05) is 36.4 Å². The molecule has 2 heterocycles. The number of nitrogens with two attached hydrogens (primary N) is 2. The summed E-state index contributed by atoms with van der Waals surface area (Å²) in [6.07, 6.45) is 6.12. The number of imidazole rings is 1. The predicted molar refractivity (Wildman–Crippen MR) is 160 cm³/mol. The number of nitrogens with one attached hydrogen (secondary N) is 3. The van der Waals surface area contributed by atoms with E-state index in [0.29, 0.717) is 30.5 Å². The first-order chi connectivity index (χ1) is 20.1. The summed E-state index contributed by atoms with van der Waals surface area (Å²) in [4.78, 5) is 21.7. The molecule has 9 nitrogen and oxygen atoms in total. The number of hydrogen-bond acceptors (Lipinski definition) is 6. The zero-order valence-corrected chi connectivity index (χ0v) is 22.8. The third-order valence-corrected chi connectivity index (χ3v) is 8.00. The molecule has 3 aromatic carbocycles. The fourth-order valence-corrected chi connectivity index (χ4v) is 5.63. The fraction of sp³-hybridized carbons (Fsp3) is 0.281. The Morgan fingerprint density at radius 3 is 2.61 bits per heavy atom. The SMILES string of the molecule is NC[C@H]1CC[C@H](C(=O)NC(Cc2cccc(Oc3ccccc3)c2)c2nc(-c3ccc4c(N)n[nH]c4c3)c[nH]2)CC1. The van der Waals surface area contributed by atoms with E-state index in [9.17, 15) is 4.79 Å². The zero-order valence-electron chi connectivity index (χ0n) is 22.8.